The van der Waals surface area contributed by atoms with E-state index in [1.165, 1.54) is 0 Å². The molecule has 0 heterocycles. The van der Waals surface area contributed by atoms with Gasteiger partial charge in [-0.05, 0) is 0 Å². The third-order valence-electron chi connectivity index (χ3n) is 3.95. The fourth-order valence-electron chi connectivity index (χ4n) is 1.91. The molecule has 0 rings (SSSR count). The van der Waals surface area contributed by atoms with Gasteiger partial charge in [0.05, 0.1) is 0 Å². The Morgan fingerprint density at radius 2 is 0.857 bits per heavy atom. The van der Waals surface area contributed by atoms with Crippen LogP contribution in [0.5, 0.6) is 0 Å². The number of rotatable bonds is 13. The molecule has 0 aromatic heterocycles. The van der Waals surface area contributed by atoms with Gasteiger partial charge in [-0.2, -0.15) is 74.6 Å². The lowest BCUT2D eigenvalue weighted by molar-refractivity contribution is -0.458. The monoisotopic (exact) mass is 585 g/mol. The summed E-state index contributed by atoms with van der Waals surface area (Å²) in [4.78, 5) is 0. The maximum atomic E-state index is 13.7. The summed E-state index contributed by atoms with van der Waals surface area (Å²) < 4.78 is 246. The molecule has 0 bridgehead atoms. The first-order valence-electron chi connectivity index (χ1n) is 8.17. The van der Waals surface area contributed by atoms with Gasteiger partial charge < -0.3 is 11.1 Å². The van der Waals surface area contributed by atoms with Gasteiger partial charge in [-0.3, -0.25) is 0 Å². The zero-order valence-corrected chi connectivity index (χ0v) is 16.9. The number of hydrogen-bond donors (Lipinski definition) is 3. The van der Waals surface area contributed by atoms with E-state index in [0.29, 0.717) is 4.72 Å². The molecule has 0 unspecified atom stereocenters. The van der Waals surface area contributed by atoms with E-state index in [2.05, 4.69) is 5.32 Å². The number of sulfonamides is 1. The minimum Gasteiger partial charge on any atom is -0.329 e. The van der Waals surface area contributed by atoms with Crippen molar-refractivity contribution in [3.63, 3.8) is 0 Å². The van der Waals surface area contributed by atoms with Crippen LogP contribution in [-0.2, 0) is 10.0 Å². The lowest BCUT2D eigenvalue weighted by Gasteiger charge is -2.42. The second-order valence-corrected chi connectivity index (χ2v) is 8.21. The summed E-state index contributed by atoms with van der Waals surface area (Å²) >= 11 is 0. The van der Waals surface area contributed by atoms with Gasteiger partial charge in [0, 0.05) is 26.2 Å². The highest BCUT2D eigenvalue weighted by atomic mass is 32.2. The number of nitrogens with two attached hydrogens (primary N) is 1. The Hall–Kier alpha value is -1.36. The molecule has 23 heteroatoms. The quantitative estimate of drug-likeness (QED) is 0.229. The molecular formula is C12H12F17N3O2S. The third kappa shape index (κ3) is 4.95. The van der Waals surface area contributed by atoms with Gasteiger partial charge in [0.1, 0.15) is 0 Å². The Balaban J connectivity index is 6.54. The van der Waals surface area contributed by atoms with E-state index in [0.717, 1.165) is 0 Å². The molecule has 5 nitrogen and oxygen atoms in total. The van der Waals surface area contributed by atoms with Crippen molar-refractivity contribution in [1.82, 2.24) is 10.0 Å². The maximum Gasteiger partial charge on any atom is 0.460 e. The van der Waals surface area contributed by atoms with Crippen LogP contribution in [-0.4, -0.2) is 81.6 Å². The average Bonchev–Trinajstić information content (AvgIpc) is 2.65. The number of hydrogen-bond acceptors (Lipinski definition) is 4. The van der Waals surface area contributed by atoms with Crippen LogP contribution in [0.2, 0.25) is 0 Å². The second-order valence-electron chi connectivity index (χ2n) is 6.40. The van der Waals surface area contributed by atoms with E-state index < -0.39 is 70.1 Å². The Morgan fingerprint density at radius 1 is 0.514 bits per heavy atom. The summed E-state index contributed by atoms with van der Waals surface area (Å²) in [6.07, 6.45) is -7.87. The standard InChI is InChI=1S/C12H12F17N3O2S/c13-5(14,7(17,18)9(21,22)11(25,26)27)6(15,16)8(19,20)10(23,24)12(28,29)35(33,34)32-4-3-31-2-1-30/h31-32H,1-4,30H2. The summed E-state index contributed by atoms with van der Waals surface area (Å²) in [5, 5.41) is -5.44. The summed E-state index contributed by atoms with van der Waals surface area (Å²) in [6, 6.07) is 0. The van der Waals surface area contributed by atoms with Crippen LogP contribution >= 0.6 is 0 Å². The van der Waals surface area contributed by atoms with Crippen molar-refractivity contribution in [3.8, 4) is 0 Å². The largest absolute Gasteiger partial charge is 0.460 e. The highest BCUT2D eigenvalue weighted by Crippen LogP contribution is 2.64. The molecule has 0 aliphatic heterocycles. The highest BCUT2D eigenvalue weighted by molar-refractivity contribution is 7.90. The van der Waals surface area contributed by atoms with Crippen molar-refractivity contribution in [3.05, 3.63) is 0 Å². The lowest BCUT2D eigenvalue weighted by atomic mass is 9.91. The van der Waals surface area contributed by atoms with E-state index in [4.69, 9.17) is 5.73 Å². The van der Waals surface area contributed by atoms with Gasteiger partial charge in [0.25, 0.3) is 10.0 Å². The topological polar surface area (TPSA) is 84.2 Å². The van der Waals surface area contributed by atoms with Crippen LogP contribution < -0.4 is 15.8 Å². The van der Waals surface area contributed by atoms with E-state index in [1.807, 2.05) is 0 Å². The summed E-state index contributed by atoms with van der Waals surface area (Å²) in [7, 11) is -7.26. The minimum absolute atomic E-state index is 0.172. The predicted molar refractivity (Wildman–Crippen MR) is 79.5 cm³/mol. The fourth-order valence-corrected chi connectivity index (χ4v) is 2.93. The first-order valence-corrected chi connectivity index (χ1v) is 9.66. The summed E-state index contributed by atoms with van der Waals surface area (Å²) in [5.41, 5.74) is 4.93. The van der Waals surface area contributed by atoms with Gasteiger partial charge in [-0.15, -0.1) is 0 Å². The zero-order chi connectivity index (χ0) is 28.7. The van der Waals surface area contributed by atoms with Crippen LogP contribution in [0.15, 0.2) is 0 Å². The Kier molecular flexibility index (Phi) is 9.13. The normalized spacial score (nSPS) is 16.1. The van der Waals surface area contributed by atoms with E-state index >= 15 is 0 Å². The molecule has 0 aliphatic rings. The van der Waals surface area contributed by atoms with Crippen LogP contribution in [0.4, 0.5) is 74.6 Å². The Morgan fingerprint density at radius 3 is 1.20 bits per heavy atom. The molecule has 0 saturated carbocycles. The van der Waals surface area contributed by atoms with Gasteiger partial charge in [-0.1, -0.05) is 0 Å². The first kappa shape index (κ1) is 33.6. The van der Waals surface area contributed by atoms with Crippen LogP contribution in [0.25, 0.3) is 0 Å². The molecule has 35 heavy (non-hydrogen) atoms. The summed E-state index contributed by atoms with van der Waals surface area (Å²) in [5.74, 6) is -51.6. The van der Waals surface area contributed by atoms with Crippen molar-refractivity contribution < 1.29 is 83.1 Å². The van der Waals surface area contributed by atoms with E-state index in [-0.39, 0.29) is 13.1 Å². The smallest absolute Gasteiger partial charge is 0.329 e. The molecule has 0 aromatic carbocycles. The maximum absolute atomic E-state index is 13.7. The molecule has 4 N–H and O–H groups in total. The highest BCUT2D eigenvalue weighted by Gasteiger charge is 2.96. The molecule has 0 spiro atoms. The van der Waals surface area contributed by atoms with Crippen molar-refractivity contribution >= 4 is 10.0 Å². The van der Waals surface area contributed by atoms with Gasteiger partial charge in [0.2, 0.25) is 0 Å². The van der Waals surface area contributed by atoms with Crippen LogP contribution in [0, 0.1) is 0 Å². The lowest BCUT2D eigenvalue weighted by Crippen LogP contribution is -2.75. The molecule has 0 atom stereocenters. The number of nitrogens with one attached hydrogen (secondary N) is 2. The molecule has 0 saturated heterocycles. The predicted octanol–water partition coefficient (Wildman–Crippen LogP) is 3.42. The van der Waals surface area contributed by atoms with E-state index in [1.54, 1.807) is 0 Å². The SMILES string of the molecule is NCCNCCNS(=O)(=O)C(F)(F)C(F)(F)C(F)(F)C(F)(F)C(F)(F)C(F)(F)C(F)(F)C(F)(F)F. The molecule has 0 fully saturated rings. The number of alkyl halides is 17. The molecule has 0 aliphatic carbocycles. The Labute approximate surface area is 183 Å². The number of halogens is 17. The Bertz CT molecular complexity index is 840. The van der Waals surface area contributed by atoms with Gasteiger partial charge >= 0.3 is 47.0 Å². The third-order valence-corrected chi connectivity index (χ3v) is 5.46. The first-order chi connectivity index (χ1) is 15.1. The molecular weight excluding hydrogens is 573 g/mol. The minimum atomic E-state index is -8.84. The fraction of sp³-hybridized carbons (Fsp3) is 1.00. The van der Waals surface area contributed by atoms with Gasteiger partial charge in [-0.25, -0.2) is 13.1 Å². The second kappa shape index (κ2) is 9.50. The average molecular weight is 585 g/mol. The zero-order valence-electron chi connectivity index (χ0n) is 16.1. The molecule has 0 amide bonds. The van der Waals surface area contributed by atoms with Crippen molar-refractivity contribution in [1.29, 1.82) is 0 Å². The van der Waals surface area contributed by atoms with Crippen LogP contribution in [0.3, 0.4) is 0 Å². The van der Waals surface area contributed by atoms with Crippen molar-refractivity contribution in [2.75, 3.05) is 26.2 Å². The van der Waals surface area contributed by atoms with Crippen molar-refractivity contribution in [2.24, 2.45) is 5.73 Å². The molecule has 0 aromatic rings. The summed E-state index contributed by atoms with van der Waals surface area (Å²) in [6.45, 7) is -2.50. The van der Waals surface area contributed by atoms with E-state index in [9.17, 15) is 83.1 Å². The van der Waals surface area contributed by atoms with Gasteiger partial charge in [0.15, 0.2) is 0 Å². The molecule has 212 valence electrons. The molecule has 0 radical (unpaired) electrons. The van der Waals surface area contributed by atoms with Crippen LogP contribution in [0.1, 0.15) is 0 Å². The van der Waals surface area contributed by atoms with Crippen molar-refractivity contribution in [2.45, 2.75) is 47.0 Å².